The highest BCUT2D eigenvalue weighted by atomic mass is 16.6. The first kappa shape index (κ1) is 25.5. The highest BCUT2D eigenvalue weighted by molar-refractivity contribution is 5.73. The van der Waals surface area contributed by atoms with Gasteiger partial charge in [-0.25, -0.2) is 4.98 Å². The number of H-pyrrole nitrogens is 1. The monoisotopic (exact) mass is 473 g/mol. The van der Waals surface area contributed by atoms with Crippen molar-refractivity contribution in [2.45, 2.75) is 71.9 Å². The summed E-state index contributed by atoms with van der Waals surface area (Å²) in [4.78, 5) is 48.4. The smallest absolute Gasteiger partial charge is 0.309 e. The fourth-order valence-corrected chi connectivity index (χ4v) is 4.61. The molecule has 1 aliphatic rings. The molecule has 0 amide bonds. The van der Waals surface area contributed by atoms with Crippen molar-refractivity contribution in [2.24, 2.45) is 17.8 Å². The molecule has 3 rings (SSSR count). The zero-order valence-corrected chi connectivity index (χ0v) is 20.4. The minimum atomic E-state index is -0.531. The summed E-state index contributed by atoms with van der Waals surface area (Å²) in [5.41, 5.74) is 6.53. The van der Waals surface area contributed by atoms with E-state index in [0.717, 1.165) is 5.57 Å². The molecule has 10 nitrogen and oxygen atoms in total. The molecule has 3 N–H and O–H groups in total. The first-order chi connectivity index (χ1) is 16.2. The molecule has 0 aromatic carbocycles. The van der Waals surface area contributed by atoms with Gasteiger partial charge >= 0.3 is 11.9 Å². The number of hydrogen-bond acceptors (Lipinski definition) is 8. The number of anilines is 1. The van der Waals surface area contributed by atoms with Gasteiger partial charge in [-0.05, 0) is 31.3 Å². The Hall–Kier alpha value is -3.17. The Morgan fingerprint density at radius 1 is 1.18 bits per heavy atom. The van der Waals surface area contributed by atoms with Crippen molar-refractivity contribution < 1.29 is 19.1 Å². The Morgan fingerprint density at radius 3 is 2.41 bits per heavy atom. The van der Waals surface area contributed by atoms with Crippen molar-refractivity contribution in [1.82, 2.24) is 19.5 Å². The van der Waals surface area contributed by atoms with Gasteiger partial charge in [0.05, 0.1) is 30.1 Å². The molecular formula is C24H35N5O5. The molecule has 0 unspecified atom stereocenters. The van der Waals surface area contributed by atoms with E-state index in [1.54, 1.807) is 4.57 Å². The number of esters is 2. The number of rotatable bonds is 10. The van der Waals surface area contributed by atoms with Gasteiger partial charge in [0.1, 0.15) is 12.7 Å². The number of hydrogen-bond donors (Lipinski definition) is 2. The molecule has 34 heavy (non-hydrogen) atoms. The predicted octanol–water partition coefficient (Wildman–Crippen LogP) is 3.15. The van der Waals surface area contributed by atoms with Crippen molar-refractivity contribution in [2.75, 3.05) is 12.3 Å². The third-order valence-electron chi connectivity index (χ3n) is 6.91. The quantitative estimate of drug-likeness (QED) is 0.396. The molecule has 1 saturated carbocycles. The minimum absolute atomic E-state index is 0.0183. The number of nitrogens with one attached hydrogen (secondary N) is 1. The van der Waals surface area contributed by atoms with Crippen LogP contribution in [0.4, 0.5) is 5.95 Å². The van der Waals surface area contributed by atoms with Crippen LogP contribution in [-0.2, 0) is 19.1 Å². The zero-order valence-electron chi connectivity index (χ0n) is 20.4. The first-order valence-electron chi connectivity index (χ1n) is 12.0. The number of aromatic nitrogens is 4. The van der Waals surface area contributed by atoms with Crippen LogP contribution in [0.1, 0.15) is 65.8 Å². The average Bonchev–Trinajstić information content (AvgIpc) is 3.34. The van der Waals surface area contributed by atoms with Crippen LogP contribution in [0, 0.1) is 17.8 Å². The second kappa shape index (κ2) is 10.8. The molecular weight excluding hydrogens is 438 g/mol. The zero-order chi connectivity index (χ0) is 25.0. The van der Waals surface area contributed by atoms with Crippen LogP contribution in [0.5, 0.6) is 0 Å². The molecule has 1 fully saturated rings. The number of nitrogens with two attached hydrogens (primary N) is 1. The van der Waals surface area contributed by atoms with Gasteiger partial charge in [0.25, 0.3) is 5.56 Å². The fourth-order valence-electron chi connectivity index (χ4n) is 4.61. The summed E-state index contributed by atoms with van der Waals surface area (Å²) >= 11 is 0. The van der Waals surface area contributed by atoms with Gasteiger partial charge in [-0.15, -0.1) is 0 Å². The summed E-state index contributed by atoms with van der Waals surface area (Å²) in [6.45, 7) is 12.1. The fraction of sp³-hybridized carbons (Fsp3) is 0.625. The summed E-state index contributed by atoms with van der Waals surface area (Å²) in [6.07, 6.45) is 4.13. The van der Waals surface area contributed by atoms with Gasteiger partial charge in [0.15, 0.2) is 11.2 Å². The summed E-state index contributed by atoms with van der Waals surface area (Å²) in [5, 5.41) is 0. The van der Waals surface area contributed by atoms with Gasteiger partial charge in [-0.1, -0.05) is 34.3 Å². The SMILES string of the molecule is C=C1[C@H](COC(=O)C(CC)CC)[C@@H](OC(=O)C(CC)CC)C[C@@H]1n1cnc2c(=O)[nH]c(N)nc21. The van der Waals surface area contributed by atoms with Crippen LogP contribution in [0.2, 0.25) is 0 Å². The van der Waals surface area contributed by atoms with Gasteiger partial charge in [0, 0.05) is 6.42 Å². The van der Waals surface area contributed by atoms with Gasteiger partial charge < -0.3 is 19.8 Å². The van der Waals surface area contributed by atoms with Crippen molar-refractivity contribution in [3.05, 3.63) is 28.8 Å². The molecule has 2 heterocycles. The molecule has 1 aliphatic carbocycles. The highest BCUT2D eigenvalue weighted by Crippen LogP contribution is 2.42. The van der Waals surface area contributed by atoms with E-state index in [4.69, 9.17) is 15.2 Å². The van der Waals surface area contributed by atoms with Crippen molar-refractivity contribution in [1.29, 1.82) is 0 Å². The van der Waals surface area contributed by atoms with Crippen LogP contribution in [0.15, 0.2) is 23.3 Å². The standard InChI is InChI=1S/C24H35N5O5/c1-6-14(7-2)22(31)33-11-16-13(5)17(10-18(16)34-23(32)15(8-3)9-4)29-12-26-19-20(29)27-24(25)28-21(19)30/h12,14-18H,5-11H2,1-4H3,(H3,25,27,28,30)/t16-,17-,18-/m0/s1. The molecule has 3 atom stereocenters. The van der Waals surface area contributed by atoms with E-state index in [1.165, 1.54) is 6.33 Å². The highest BCUT2D eigenvalue weighted by Gasteiger charge is 2.43. The lowest BCUT2D eigenvalue weighted by atomic mass is 10.0. The Morgan fingerprint density at radius 2 is 1.79 bits per heavy atom. The van der Waals surface area contributed by atoms with Crippen molar-refractivity contribution >= 4 is 29.1 Å². The van der Waals surface area contributed by atoms with Gasteiger partial charge in [-0.3, -0.25) is 19.4 Å². The summed E-state index contributed by atoms with van der Waals surface area (Å²) < 4.78 is 13.3. The van der Waals surface area contributed by atoms with Crippen LogP contribution in [-0.4, -0.2) is 44.2 Å². The third kappa shape index (κ3) is 5.00. The van der Waals surface area contributed by atoms with Crippen LogP contribution < -0.4 is 11.3 Å². The van der Waals surface area contributed by atoms with Crippen LogP contribution in [0.25, 0.3) is 11.2 Å². The van der Waals surface area contributed by atoms with Crippen molar-refractivity contribution in [3.63, 3.8) is 0 Å². The lowest BCUT2D eigenvalue weighted by molar-refractivity contribution is -0.158. The molecule has 10 heteroatoms. The summed E-state index contributed by atoms with van der Waals surface area (Å²) in [7, 11) is 0. The maximum absolute atomic E-state index is 12.8. The molecule has 0 aliphatic heterocycles. The minimum Gasteiger partial charge on any atom is -0.465 e. The summed E-state index contributed by atoms with van der Waals surface area (Å²) in [5.74, 6) is -1.32. The molecule has 2 aromatic rings. The molecule has 186 valence electrons. The van der Waals surface area contributed by atoms with E-state index in [-0.39, 0.29) is 47.9 Å². The number of nitrogen functional groups attached to an aromatic ring is 1. The third-order valence-corrected chi connectivity index (χ3v) is 6.91. The number of carbonyl (C=O) groups is 2. The Kier molecular flexibility index (Phi) is 8.11. The largest absolute Gasteiger partial charge is 0.465 e. The maximum Gasteiger partial charge on any atom is 0.309 e. The van der Waals surface area contributed by atoms with E-state index in [0.29, 0.717) is 37.8 Å². The second-order valence-electron chi connectivity index (χ2n) is 8.84. The molecule has 0 spiro atoms. The predicted molar refractivity (Wildman–Crippen MR) is 128 cm³/mol. The summed E-state index contributed by atoms with van der Waals surface area (Å²) in [6, 6.07) is -0.352. The van der Waals surface area contributed by atoms with E-state index >= 15 is 0 Å². The van der Waals surface area contributed by atoms with Crippen molar-refractivity contribution in [3.8, 4) is 0 Å². The normalized spacial score (nSPS) is 20.4. The van der Waals surface area contributed by atoms with Gasteiger partial charge in [0.2, 0.25) is 5.95 Å². The maximum atomic E-state index is 12.8. The Labute approximate surface area is 198 Å². The number of imidazole rings is 1. The second-order valence-corrected chi connectivity index (χ2v) is 8.84. The Balaban J connectivity index is 1.90. The number of fused-ring (bicyclic) bond motifs is 1. The first-order valence-corrected chi connectivity index (χ1v) is 12.0. The topological polar surface area (TPSA) is 142 Å². The number of carbonyl (C=O) groups excluding carboxylic acids is 2. The number of ether oxygens (including phenoxy) is 2. The molecule has 0 radical (unpaired) electrons. The van der Waals surface area contributed by atoms with Gasteiger partial charge in [-0.2, -0.15) is 4.98 Å². The van der Waals surface area contributed by atoms with Crippen LogP contribution >= 0.6 is 0 Å². The van der Waals surface area contributed by atoms with E-state index < -0.39 is 17.6 Å². The molecule has 2 aromatic heterocycles. The molecule has 0 saturated heterocycles. The lowest BCUT2D eigenvalue weighted by Crippen LogP contribution is -2.30. The van der Waals surface area contributed by atoms with Crippen LogP contribution in [0.3, 0.4) is 0 Å². The Bertz CT molecular complexity index is 1100. The van der Waals surface area contributed by atoms with E-state index in [9.17, 15) is 14.4 Å². The lowest BCUT2D eigenvalue weighted by Gasteiger charge is -2.23. The van der Waals surface area contributed by atoms with E-state index in [1.807, 2.05) is 27.7 Å². The number of aromatic amines is 1. The van der Waals surface area contributed by atoms with E-state index in [2.05, 4.69) is 21.5 Å². The average molecular weight is 474 g/mol. The number of nitrogens with zero attached hydrogens (tertiary/aromatic N) is 3. The molecule has 0 bridgehead atoms.